The monoisotopic (exact) mass is 352 g/mol. The van der Waals surface area contributed by atoms with Gasteiger partial charge >= 0.3 is 24.0 Å². The standard InChI is InChI=1S/C14H19F7O2/c1-8(2)6-11(5,9(3)4)10(22)23-7-12(15,16)13(17,18)14(19,20)21/h6,9H,7H2,1-5H3. The maximum Gasteiger partial charge on any atom is 0.460 e. The van der Waals surface area contributed by atoms with Crippen molar-refractivity contribution < 1.29 is 40.3 Å². The molecule has 1 unspecified atom stereocenters. The number of allylic oxidation sites excluding steroid dienone is 1. The van der Waals surface area contributed by atoms with Gasteiger partial charge in [-0.1, -0.05) is 25.5 Å². The normalized spacial score (nSPS) is 16.0. The molecule has 0 N–H and O–H groups in total. The second kappa shape index (κ2) is 6.68. The lowest BCUT2D eigenvalue weighted by molar-refractivity contribution is -0.360. The summed E-state index contributed by atoms with van der Waals surface area (Å²) >= 11 is 0. The number of hydrogen-bond donors (Lipinski definition) is 0. The van der Waals surface area contributed by atoms with E-state index in [9.17, 15) is 35.5 Å². The molecule has 9 heteroatoms. The van der Waals surface area contributed by atoms with Crippen LogP contribution in [0.4, 0.5) is 30.7 Å². The number of carbonyl (C=O) groups is 1. The van der Waals surface area contributed by atoms with Crippen LogP contribution in [0.3, 0.4) is 0 Å². The zero-order valence-corrected chi connectivity index (χ0v) is 13.3. The number of rotatable bonds is 6. The van der Waals surface area contributed by atoms with Gasteiger partial charge in [-0.15, -0.1) is 0 Å². The Bertz CT molecular complexity index is 462. The van der Waals surface area contributed by atoms with E-state index in [0.29, 0.717) is 5.57 Å². The van der Waals surface area contributed by atoms with E-state index in [1.165, 1.54) is 13.0 Å². The molecule has 0 saturated heterocycles. The lowest BCUT2D eigenvalue weighted by Crippen LogP contribution is -2.54. The maximum atomic E-state index is 13.1. The van der Waals surface area contributed by atoms with E-state index in [1.54, 1.807) is 27.7 Å². The van der Waals surface area contributed by atoms with Gasteiger partial charge in [0.1, 0.15) is 0 Å². The van der Waals surface area contributed by atoms with Gasteiger partial charge in [-0.25, -0.2) is 0 Å². The van der Waals surface area contributed by atoms with Crippen molar-refractivity contribution in [3.63, 3.8) is 0 Å². The summed E-state index contributed by atoms with van der Waals surface area (Å²) in [7, 11) is 0. The number of alkyl halides is 7. The van der Waals surface area contributed by atoms with Crippen molar-refractivity contribution in [3.8, 4) is 0 Å². The summed E-state index contributed by atoms with van der Waals surface area (Å²) in [4.78, 5) is 11.9. The summed E-state index contributed by atoms with van der Waals surface area (Å²) in [5.41, 5.74) is -0.798. The molecule has 0 saturated carbocycles. The molecule has 0 bridgehead atoms. The quantitative estimate of drug-likeness (QED) is 0.382. The lowest BCUT2D eigenvalue weighted by Gasteiger charge is -2.31. The predicted octanol–water partition coefficient (Wildman–Crippen LogP) is 4.99. The number of esters is 1. The van der Waals surface area contributed by atoms with Crippen LogP contribution < -0.4 is 0 Å². The Hall–Kier alpha value is -1.28. The van der Waals surface area contributed by atoms with Crippen LogP contribution in [0, 0.1) is 11.3 Å². The van der Waals surface area contributed by atoms with Crippen LogP contribution in [0.15, 0.2) is 11.6 Å². The maximum absolute atomic E-state index is 13.1. The van der Waals surface area contributed by atoms with Crippen molar-refractivity contribution in [3.05, 3.63) is 11.6 Å². The van der Waals surface area contributed by atoms with Crippen LogP contribution in [0.1, 0.15) is 34.6 Å². The van der Waals surface area contributed by atoms with Gasteiger partial charge in [0.05, 0.1) is 5.41 Å². The Morgan fingerprint density at radius 3 is 1.78 bits per heavy atom. The van der Waals surface area contributed by atoms with Crippen LogP contribution in [0.2, 0.25) is 0 Å². The molecule has 1 atom stereocenters. The molecule has 0 heterocycles. The Morgan fingerprint density at radius 1 is 1.04 bits per heavy atom. The van der Waals surface area contributed by atoms with Crippen molar-refractivity contribution in [2.45, 2.75) is 52.6 Å². The molecule has 0 rings (SSSR count). The molecule has 2 nitrogen and oxygen atoms in total. The van der Waals surface area contributed by atoms with Gasteiger partial charge in [0.2, 0.25) is 0 Å². The van der Waals surface area contributed by atoms with Crippen LogP contribution in [-0.2, 0) is 9.53 Å². The predicted molar refractivity (Wildman–Crippen MR) is 69.3 cm³/mol. The highest BCUT2D eigenvalue weighted by Gasteiger charge is 2.73. The molecular formula is C14H19F7O2. The van der Waals surface area contributed by atoms with Crippen LogP contribution >= 0.6 is 0 Å². The SMILES string of the molecule is CC(C)=CC(C)(C(=O)OCC(F)(F)C(F)(F)C(F)(F)F)C(C)C. The van der Waals surface area contributed by atoms with Gasteiger partial charge in [0.15, 0.2) is 6.61 Å². The first-order valence-electron chi connectivity index (χ1n) is 6.64. The van der Waals surface area contributed by atoms with Gasteiger partial charge in [-0.2, -0.15) is 30.7 Å². The van der Waals surface area contributed by atoms with E-state index < -0.39 is 41.9 Å². The van der Waals surface area contributed by atoms with E-state index in [1.807, 2.05) is 0 Å². The average Bonchev–Trinajstić information content (AvgIpc) is 2.33. The molecule has 0 fully saturated rings. The van der Waals surface area contributed by atoms with Gasteiger partial charge in [-0.3, -0.25) is 4.79 Å². The third-order valence-electron chi connectivity index (χ3n) is 3.43. The summed E-state index contributed by atoms with van der Waals surface area (Å²) in [6.07, 6.45) is -5.07. The minimum Gasteiger partial charge on any atom is -0.458 e. The molecule has 0 spiro atoms. The molecule has 0 amide bonds. The topological polar surface area (TPSA) is 26.3 Å². The fraction of sp³-hybridized carbons (Fsp3) is 0.786. The fourth-order valence-electron chi connectivity index (χ4n) is 1.67. The van der Waals surface area contributed by atoms with Crippen molar-refractivity contribution in [1.82, 2.24) is 0 Å². The van der Waals surface area contributed by atoms with E-state index in [4.69, 9.17) is 0 Å². The molecule has 0 aliphatic carbocycles. The number of hydrogen-bond acceptors (Lipinski definition) is 2. The van der Waals surface area contributed by atoms with Crippen molar-refractivity contribution in [2.24, 2.45) is 11.3 Å². The summed E-state index contributed by atoms with van der Waals surface area (Å²) in [6, 6.07) is 0. The highest BCUT2D eigenvalue weighted by Crippen LogP contribution is 2.46. The van der Waals surface area contributed by atoms with Crippen LogP contribution in [0.5, 0.6) is 0 Å². The second-order valence-corrected chi connectivity index (χ2v) is 6.01. The molecular weight excluding hydrogens is 333 g/mol. The third kappa shape index (κ3) is 4.60. The minimum atomic E-state index is -6.45. The molecule has 0 aliphatic heterocycles. The Kier molecular flexibility index (Phi) is 6.31. The van der Waals surface area contributed by atoms with E-state index in [-0.39, 0.29) is 0 Å². The lowest BCUT2D eigenvalue weighted by atomic mass is 9.78. The first-order valence-corrected chi connectivity index (χ1v) is 6.64. The first-order chi connectivity index (χ1) is 9.99. The fourth-order valence-corrected chi connectivity index (χ4v) is 1.67. The smallest absolute Gasteiger partial charge is 0.458 e. The molecule has 0 aliphatic rings. The van der Waals surface area contributed by atoms with E-state index >= 15 is 0 Å². The summed E-state index contributed by atoms with van der Waals surface area (Å²) in [5, 5.41) is 0. The number of ether oxygens (including phenoxy) is 1. The largest absolute Gasteiger partial charge is 0.460 e. The summed E-state index contributed by atoms with van der Waals surface area (Å²) < 4.78 is 91.9. The van der Waals surface area contributed by atoms with Gasteiger partial charge in [-0.05, 0) is 26.7 Å². The van der Waals surface area contributed by atoms with E-state index in [2.05, 4.69) is 4.74 Å². The number of carbonyl (C=O) groups excluding carboxylic acids is 1. The Morgan fingerprint density at radius 2 is 1.48 bits per heavy atom. The molecule has 136 valence electrons. The highest BCUT2D eigenvalue weighted by atomic mass is 19.4. The van der Waals surface area contributed by atoms with E-state index in [0.717, 1.165) is 0 Å². The summed E-state index contributed by atoms with van der Waals surface area (Å²) in [5.74, 6) is -13.6. The molecule has 0 aromatic rings. The highest BCUT2D eigenvalue weighted by molar-refractivity contribution is 5.79. The average molecular weight is 352 g/mol. The number of halogens is 7. The van der Waals surface area contributed by atoms with Gasteiger partial charge in [0, 0.05) is 0 Å². The van der Waals surface area contributed by atoms with Crippen LogP contribution in [0.25, 0.3) is 0 Å². The molecule has 0 radical (unpaired) electrons. The zero-order chi connectivity index (χ0) is 18.9. The second-order valence-electron chi connectivity index (χ2n) is 6.01. The zero-order valence-electron chi connectivity index (χ0n) is 13.3. The van der Waals surface area contributed by atoms with Crippen molar-refractivity contribution >= 4 is 5.97 Å². The third-order valence-corrected chi connectivity index (χ3v) is 3.43. The summed E-state index contributed by atoms with van der Waals surface area (Å²) in [6.45, 7) is 5.30. The Balaban J connectivity index is 5.31. The minimum absolute atomic E-state index is 0.457. The van der Waals surface area contributed by atoms with Crippen molar-refractivity contribution in [2.75, 3.05) is 6.61 Å². The van der Waals surface area contributed by atoms with Gasteiger partial charge in [0.25, 0.3) is 0 Å². The first kappa shape index (κ1) is 21.7. The van der Waals surface area contributed by atoms with Gasteiger partial charge < -0.3 is 4.74 Å². The molecule has 0 aromatic heterocycles. The Labute approximate surface area is 129 Å². The molecule has 23 heavy (non-hydrogen) atoms. The van der Waals surface area contributed by atoms with Crippen molar-refractivity contribution in [1.29, 1.82) is 0 Å². The molecule has 0 aromatic carbocycles. The van der Waals surface area contributed by atoms with Crippen LogP contribution in [-0.4, -0.2) is 30.6 Å².